The Kier molecular flexibility index (Phi) is 3.30. The summed E-state index contributed by atoms with van der Waals surface area (Å²) in [5, 5.41) is 4.28. The number of hydrogen-bond donors (Lipinski definition) is 1. The highest BCUT2D eigenvalue weighted by atomic mass is 35.5. The second-order valence-corrected chi connectivity index (χ2v) is 4.18. The summed E-state index contributed by atoms with van der Waals surface area (Å²) in [6.07, 6.45) is 2.27. The number of hydrogen-bond acceptors (Lipinski definition) is 1. The van der Waals surface area contributed by atoms with Crippen LogP contribution in [0.15, 0.2) is 18.2 Å². The third kappa shape index (κ3) is 2.34. The fourth-order valence-electron chi connectivity index (χ4n) is 2.06. The van der Waals surface area contributed by atoms with Crippen molar-refractivity contribution in [3.05, 3.63) is 34.3 Å². The quantitative estimate of drug-likeness (QED) is 0.755. The van der Waals surface area contributed by atoms with Gasteiger partial charge < -0.3 is 0 Å². The number of rotatable bonds is 2. The van der Waals surface area contributed by atoms with Crippen molar-refractivity contribution in [2.24, 2.45) is 0 Å². The van der Waals surface area contributed by atoms with Crippen LogP contribution in [0.5, 0.6) is 0 Å². The molecule has 1 aromatic rings. The van der Waals surface area contributed by atoms with Gasteiger partial charge >= 0.3 is 0 Å². The molecule has 1 aliphatic carbocycles. The predicted molar refractivity (Wildman–Crippen MR) is 64.0 cm³/mol. The zero-order chi connectivity index (χ0) is 10.7. The molecule has 0 heterocycles. The SMILES string of the molecule is CC#CCNC1CCc2cc(Cl)ccc21. The first-order valence-electron chi connectivity index (χ1n) is 5.22. The van der Waals surface area contributed by atoms with Crippen LogP contribution in [-0.2, 0) is 6.42 Å². The Morgan fingerprint density at radius 2 is 2.40 bits per heavy atom. The highest BCUT2D eigenvalue weighted by Gasteiger charge is 2.21. The fraction of sp³-hybridized carbons (Fsp3) is 0.385. The number of benzene rings is 1. The Morgan fingerprint density at radius 1 is 1.53 bits per heavy atom. The van der Waals surface area contributed by atoms with Crippen LogP contribution in [0.2, 0.25) is 5.02 Å². The standard InChI is InChI=1S/C13H14ClN/c1-2-3-8-15-13-7-4-10-9-11(14)5-6-12(10)13/h5-6,9,13,15H,4,7-8H2,1H3. The van der Waals surface area contributed by atoms with Gasteiger partial charge in [-0.2, -0.15) is 0 Å². The zero-order valence-electron chi connectivity index (χ0n) is 8.81. The third-order valence-corrected chi connectivity index (χ3v) is 3.03. The van der Waals surface area contributed by atoms with E-state index in [9.17, 15) is 0 Å². The van der Waals surface area contributed by atoms with E-state index in [0.717, 1.165) is 24.4 Å². The van der Waals surface area contributed by atoms with Gasteiger partial charge in [-0.25, -0.2) is 0 Å². The van der Waals surface area contributed by atoms with Crippen LogP contribution < -0.4 is 5.32 Å². The average molecular weight is 220 g/mol. The van der Waals surface area contributed by atoms with Gasteiger partial charge in [0.15, 0.2) is 0 Å². The lowest BCUT2D eigenvalue weighted by atomic mass is 10.1. The molecule has 0 saturated heterocycles. The van der Waals surface area contributed by atoms with Crippen LogP contribution >= 0.6 is 11.6 Å². The van der Waals surface area contributed by atoms with E-state index >= 15 is 0 Å². The Morgan fingerprint density at radius 3 is 3.20 bits per heavy atom. The molecular weight excluding hydrogens is 206 g/mol. The van der Waals surface area contributed by atoms with Gasteiger partial charge in [0.05, 0.1) is 6.54 Å². The van der Waals surface area contributed by atoms with Crippen molar-refractivity contribution in [2.45, 2.75) is 25.8 Å². The lowest BCUT2D eigenvalue weighted by Crippen LogP contribution is -2.19. The van der Waals surface area contributed by atoms with Crippen LogP contribution in [-0.4, -0.2) is 6.54 Å². The lowest BCUT2D eigenvalue weighted by molar-refractivity contribution is 0.568. The van der Waals surface area contributed by atoms with Crippen LogP contribution in [0.25, 0.3) is 0 Å². The van der Waals surface area contributed by atoms with E-state index in [0.29, 0.717) is 6.04 Å². The summed E-state index contributed by atoms with van der Waals surface area (Å²) in [6.45, 7) is 2.63. The first-order valence-corrected chi connectivity index (χ1v) is 5.60. The van der Waals surface area contributed by atoms with Crippen molar-refractivity contribution in [3.8, 4) is 11.8 Å². The zero-order valence-corrected chi connectivity index (χ0v) is 9.56. The normalized spacial score (nSPS) is 18.1. The molecule has 15 heavy (non-hydrogen) atoms. The van der Waals surface area contributed by atoms with Gasteiger partial charge in [-0.3, -0.25) is 5.32 Å². The molecule has 78 valence electrons. The molecule has 0 bridgehead atoms. The molecule has 2 heteroatoms. The summed E-state index contributed by atoms with van der Waals surface area (Å²) >= 11 is 5.96. The van der Waals surface area contributed by atoms with E-state index in [4.69, 9.17) is 11.6 Å². The Hall–Kier alpha value is -0.970. The number of nitrogens with one attached hydrogen (secondary N) is 1. The molecule has 0 radical (unpaired) electrons. The van der Waals surface area contributed by atoms with Crippen molar-refractivity contribution in [1.82, 2.24) is 5.32 Å². The predicted octanol–water partition coefficient (Wildman–Crippen LogP) is 2.94. The van der Waals surface area contributed by atoms with Gasteiger partial charge in [0.25, 0.3) is 0 Å². The van der Waals surface area contributed by atoms with Crippen LogP contribution in [0.1, 0.15) is 30.5 Å². The molecule has 1 aliphatic rings. The Balaban J connectivity index is 2.10. The molecule has 1 N–H and O–H groups in total. The van der Waals surface area contributed by atoms with E-state index in [-0.39, 0.29) is 0 Å². The van der Waals surface area contributed by atoms with Gasteiger partial charge in [0, 0.05) is 11.1 Å². The summed E-state index contributed by atoms with van der Waals surface area (Å²) in [4.78, 5) is 0. The van der Waals surface area contributed by atoms with Crippen LogP contribution in [0.4, 0.5) is 0 Å². The number of halogens is 1. The van der Waals surface area contributed by atoms with Crippen molar-refractivity contribution in [1.29, 1.82) is 0 Å². The van der Waals surface area contributed by atoms with E-state index in [1.165, 1.54) is 11.1 Å². The maximum absolute atomic E-state index is 5.96. The highest BCUT2D eigenvalue weighted by molar-refractivity contribution is 6.30. The summed E-state index contributed by atoms with van der Waals surface area (Å²) in [7, 11) is 0. The van der Waals surface area contributed by atoms with Crippen LogP contribution in [0, 0.1) is 11.8 Å². The number of aryl methyl sites for hydroxylation is 1. The highest BCUT2D eigenvalue weighted by Crippen LogP contribution is 2.32. The third-order valence-electron chi connectivity index (χ3n) is 2.80. The van der Waals surface area contributed by atoms with Gasteiger partial charge in [0.1, 0.15) is 0 Å². The second-order valence-electron chi connectivity index (χ2n) is 3.74. The van der Waals surface area contributed by atoms with Crippen molar-refractivity contribution in [2.75, 3.05) is 6.54 Å². The fourth-order valence-corrected chi connectivity index (χ4v) is 2.26. The molecule has 0 amide bonds. The smallest absolute Gasteiger partial charge is 0.0581 e. The molecule has 1 aromatic carbocycles. The van der Waals surface area contributed by atoms with Gasteiger partial charge in [-0.1, -0.05) is 23.6 Å². The minimum absolute atomic E-state index is 0.457. The summed E-state index contributed by atoms with van der Waals surface area (Å²) in [5.41, 5.74) is 2.77. The molecule has 2 rings (SSSR count). The van der Waals surface area contributed by atoms with Crippen LogP contribution in [0.3, 0.4) is 0 Å². The summed E-state index contributed by atoms with van der Waals surface area (Å²) < 4.78 is 0. The molecule has 1 atom stereocenters. The monoisotopic (exact) mass is 219 g/mol. The van der Waals surface area contributed by atoms with E-state index in [1.807, 2.05) is 13.0 Å². The van der Waals surface area contributed by atoms with Crippen molar-refractivity contribution < 1.29 is 0 Å². The molecule has 0 aliphatic heterocycles. The molecule has 1 unspecified atom stereocenters. The first-order chi connectivity index (χ1) is 7.31. The second kappa shape index (κ2) is 4.70. The van der Waals surface area contributed by atoms with Crippen molar-refractivity contribution >= 4 is 11.6 Å². The van der Waals surface area contributed by atoms with E-state index in [1.54, 1.807) is 0 Å². The Bertz CT molecular complexity index is 414. The van der Waals surface area contributed by atoms with Crippen molar-refractivity contribution in [3.63, 3.8) is 0 Å². The molecule has 1 nitrogen and oxygen atoms in total. The minimum atomic E-state index is 0.457. The Labute approximate surface area is 95.8 Å². The molecular formula is C13H14ClN. The molecule has 0 spiro atoms. The molecule has 0 fully saturated rings. The largest absolute Gasteiger partial charge is 0.299 e. The minimum Gasteiger partial charge on any atom is -0.299 e. The number of fused-ring (bicyclic) bond motifs is 1. The van der Waals surface area contributed by atoms with Gasteiger partial charge in [-0.15, -0.1) is 5.92 Å². The van der Waals surface area contributed by atoms with Gasteiger partial charge in [0.2, 0.25) is 0 Å². The topological polar surface area (TPSA) is 12.0 Å². The molecule has 0 saturated carbocycles. The molecule has 0 aromatic heterocycles. The van der Waals surface area contributed by atoms with E-state index in [2.05, 4.69) is 29.3 Å². The average Bonchev–Trinajstić information content (AvgIpc) is 2.61. The summed E-state index contributed by atoms with van der Waals surface area (Å²) in [5.74, 6) is 5.92. The lowest BCUT2D eigenvalue weighted by Gasteiger charge is -2.11. The first kappa shape index (κ1) is 10.5. The maximum Gasteiger partial charge on any atom is 0.0581 e. The van der Waals surface area contributed by atoms with Gasteiger partial charge in [-0.05, 0) is 43.0 Å². The maximum atomic E-state index is 5.96. The van der Waals surface area contributed by atoms with E-state index < -0.39 is 0 Å². The summed E-state index contributed by atoms with van der Waals surface area (Å²) in [6, 6.07) is 6.62.